The average Bonchev–Trinajstić information content (AvgIpc) is 2.97. The number of methoxy groups -OCH3 is 1. The van der Waals surface area contributed by atoms with E-state index in [1.807, 2.05) is 0 Å². The van der Waals surface area contributed by atoms with Gasteiger partial charge in [0, 0.05) is 12.5 Å². The van der Waals surface area contributed by atoms with Gasteiger partial charge in [0.1, 0.15) is 23.7 Å². The van der Waals surface area contributed by atoms with Crippen LogP contribution in [-0.2, 0) is 13.0 Å². The molecular weight excluding hydrogens is 289 g/mol. The van der Waals surface area contributed by atoms with Crippen molar-refractivity contribution in [3.05, 3.63) is 36.2 Å². The zero-order chi connectivity index (χ0) is 15.5. The van der Waals surface area contributed by atoms with Crippen LogP contribution in [0.1, 0.15) is 12.2 Å². The van der Waals surface area contributed by atoms with Gasteiger partial charge < -0.3 is 15.4 Å². The van der Waals surface area contributed by atoms with Gasteiger partial charge in [0.15, 0.2) is 0 Å². The Kier molecular flexibility index (Phi) is 3.90. The van der Waals surface area contributed by atoms with Gasteiger partial charge in [-0.25, -0.2) is 18.9 Å². The predicted octanol–water partition coefficient (Wildman–Crippen LogP) is 1.56. The van der Waals surface area contributed by atoms with Crippen LogP contribution in [0.2, 0.25) is 0 Å². The molecule has 0 aliphatic carbocycles. The van der Waals surface area contributed by atoms with Crippen LogP contribution >= 0.6 is 0 Å². The highest BCUT2D eigenvalue weighted by atomic mass is 19.1. The van der Waals surface area contributed by atoms with E-state index in [0.29, 0.717) is 12.3 Å². The molecule has 0 radical (unpaired) electrons. The molecule has 7 nitrogen and oxygen atoms in total. The Morgan fingerprint density at radius 1 is 1.50 bits per heavy atom. The van der Waals surface area contributed by atoms with Crippen molar-refractivity contribution in [1.82, 2.24) is 20.1 Å². The molecule has 22 heavy (non-hydrogen) atoms. The van der Waals surface area contributed by atoms with Gasteiger partial charge >= 0.3 is 6.03 Å². The summed E-state index contributed by atoms with van der Waals surface area (Å²) < 4.78 is 20.5. The molecule has 1 aliphatic rings. The number of carbonyl (C=O) groups is 1. The van der Waals surface area contributed by atoms with Crippen LogP contribution in [0.4, 0.5) is 14.9 Å². The largest absolute Gasteiger partial charge is 0.497 e. The fourth-order valence-electron chi connectivity index (χ4n) is 2.43. The molecule has 116 valence electrons. The minimum absolute atomic E-state index is 0.0668. The number of amides is 2. The number of hydrogen-bond acceptors (Lipinski definition) is 4. The summed E-state index contributed by atoms with van der Waals surface area (Å²) in [5.74, 6) is 0.872. The molecule has 8 heteroatoms. The Bertz CT molecular complexity index is 688. The second-order valence-corrected chi connectivity index (χ2v) is 5.04. The smallest absolute Gasteiger partial charge is 0.319 e. The Hall–Kier alpha value is -2.64. The van der Waals surface area contributed by atoms with Crippen molar-refractivity contribution in [1.29, 1.82) is 0 Å². The van der Waals surface area contributed by atoms with E-state index in [1.54, 1.807) is 4.68 Å². The predicted molar refractivity (Wildman–Crippen MR) is 77.2 cm³/mol. The number of anilines is 1. The highest BCUT2D eigenvalue weighted by Gasteiger charge is 2.21. The van der Waals surface area contributed by atoms with Crippen molar-refractivity contribution in [2.24, 2.45) is 0 Å². The van der Waals surface area contributed by atoms with Crippen LogP contribution in [0, 0.1) is 5.82 Å². The maximum atomic E-state index is 13.7. The molecule has 2 heterocycles. The number of hydrogen-bond donors (Lipinski definition) is 2. The number of rotatable bonds is 3. The van der Waals surface area contributed by atoms with Gasteiger partial charge in [0.25, 0.3) is 0 Å². The molecule has 3 rings (SSSR count). The molecule has 1 aromatic heterocycles. The minimum atomic E-state index is -0.516. The molecule has 0 saturated heterocycles. The minimum Gasteiger partial charge on any atom is -0.497 e. The lowest BCUT2D eigenvalue weighted by Gasteiger charge is -2.23. The molecule has 1 unspecified atom stereocenters. The zero-order valence-corrected chi connectivity index (χ0v) is 12.0. The molecule has 2 aromatic rings. The number of aryl methyl sites for hydroxylation is 1. The van der Waals surface area contributed by atoms with Crippen LogP contribution in [0.25, 0.3) is 0 Å². The number of carbonyl (C=O) groups excluding carboxylic acids is 1. The Morgan fingerprint density at radius 3 is 3.18 bits per heavy atom. The number of aromatic nitrogens is 3. The second-order valence-electron chi connectivity index (χ2n) is 5.04. The lowest BCUT2D eigenvalue weighted by Crippen LogP contribution is -2.43. The zero-order valence-electron chi connectivity index (χ0n) is 12.0. The van der Waals surface area contributed by atoms with Crippen LogP contribution in [-0.4, -0.2) is 33.9 Å². The first-order valence-electron chi connectivity index (χ1n) is 6.93. The summed E-state index contributed by atoms with van der Waals surface area (Å²) in [4.78, 5) is 16.1. The summed E-state index contributed by atoms with van der Waals surface area (Å²) >= 11 is 0. The summed E-state index contributed by atoms with van der Waals surface area (Å²) in [6.45, 7) is 0.559. The van der Waals surface area contributed by atoms with E-state index in [-0.39, 0.29) is 11.7 Å². The first-order valence-corrected chi connectivity index (χ1v) is 6.93. The lowest BCUT2D eigenvalue weighted by molar-refractivity contribution is 0.243. The Labute approximate surface area is 126 Å². The molecular formula is C14H16FN5O2. The summed E-state index contributed by atoms with van der Waals surface area (Å²) in [5.41, 5.74) is 0.0779. The van der Waals surface area contributed by atoms with E-state index in [4.69, 9.17) is 4.74 Å². The van der Waals surface area contributed by atoms with E-state index < -0.39 is 11.8 Å². The van der Waals surface area contributed by atoms with Crippen molar-refractivity contribution in [3.8, 4) is 5.75 Å². The normalized spacial score (nSPS) is 16.7. The number of ether oxygens (including phenoxy) is 1. The van der Waals surface area contributed by atoms with Crippen LogP contribution in [0.15, 0.2) is 24.5 Å². The van der Waals surface area contributed by atoms with Crippen LogP contribution in [0.3, 0.4) is 0 Å². The molecule has 0 spiro atoms. The van der Waals surface area contributed by atoms with Crippen molar-refractivity contribution >= 4 is 11.7 Å². The fourth-order valence-corrected chi connectivity index (χ4v) is 2.43. The third kappa shape index (κ3) is 3.00. The maximum absolute atomic E-state index is 13.7. The average molecular weight is 305 g/mol. The van der Waals surface area contributed by atoms with Crippen LogP contribution in [0.5, 0.6) is 5.75 Å². The van der Waals surface area contributed by atoms with E-state index in [9.17, 15) is 9.18 Å². The summed E-state index contributed by atoms with van der Waals surface area (Å²) in [6, 6.07) is 3.65. The number of benzene rings is 1. The topological polar surface area (TPSA) is 81.1 Å². The molecule has 2 amide bonds. The standard InChI is InChI=1S/C14H16FN5O2/c1-22-10-3-4-11(15)12(6-10)19-14(21)18-9-2-5-13-16-8-17-20(13)7-9/h3-4,6,8-9H,2,5,7H2,1H3,(H2,18,19,21). The van der Waals surface area contributed by atoms with Gasteiger partial charge in [-0.15, -0.1) is 0 Å². The van der Waals surface area contributed by atoms with Crippen molar-refractivity contribution in [2.75, 3.05) is 12.4 Å². The Balaban J connectivity index is 1.61. The van der Waals surface area contributed by atoms with Gasteiger partial charge in [-0.3, -0.25) is 0 Å². The third-order valence-corrected chi connectivity index (χ3v) is 3.56. The van der Waals surface area contributed by atoms with Crippen molar-refractivity contribution < 1.29 is 13.9 Å². The first kappa shape index (κ1) is 14.3. The molecule has 1 aliphatic heterocycles. The second kappa shape index (κ2) is 6.00. The monoisotopic (exact) mass is 305 g/mol. The summed E-state index contributed by atoms with van der Waals surface area (Å²) in [6.07, 6.45) is 3.02. The first-order chi connectivity index (χ1) is 10.7. The molecule has 0 bridgehead atoms. The fraction of sp³-hybridized carbons (Fsp3) is 0.357. The third-order valence-electron chi connectivity index (χ3n) is 3.56. The number of halogens is 1. The van der Waals surface area contributed by atoms with Gasteiger partial charge in [-0.1, -0.05) is 0 Å². The molecule has 2 N–H and O–H groups in total. The number of nitrogens with zero attached hydrogens (tertiary/aromatic N) is 3. The van der Waals surface area contributed by atoms with Gasteiger partial charge in [0.05, 0.1) is 25.4 Å². The summed E-state index contributed by atoms with van der Waals surface area (Å²) in [7, 11) is 1.48. The van der Waals surface area contributed by atoms with Crippen molar-refractivity contribution in [2.45, 2.75) is 25.4 Å². The van der Waals surface area contributed by atoms with E-state index in [0.717, 1.165) is 18.7 Å². The van der Waals surface area contributed by atoms with Crippen molar-refractivity contribution in [3.63, 3.8) is 0 Å². The summed E-state index contributed by atoms with van der Waals surface area (Å²) in [5, 5.41) is 9.41. The van der Waals surface area contributed by atoms with E-state index >= 15 is 0 Å². The number of nitrogens with one attached hydrogen (secondary N) is 2. The number of fused-ring (bicyclic) bond motifs is 1. The van der Waals surface area contributed by atoms with E-state index in [2.05, 4.69) is 20.7 Å². The molecule has 1 atom stereocenters. The SMILES string of the molecule is COc1ccc(F)c(NC(=O)NC2CCc3ncnn3C2)c1. The molecule has 0 fully saturated rings. The van der Waals surface area contributed by atoms with E-state index in [1.165, 1.54) is 31.6 Å². The lowest BCUT2D eigenvalue weighted by atomic mass is 10.1. The van der Waals surface area contributed by atoms with Gasteiger partial charge in [-0.2, -0.15) is 5.10 Å². The maximum Gasteiger partial charge on any atom is 0.319 e. The van der Waals surface area contributed by atoms with Gasteiger partial charge in [-0.05, 0) is 18.6 Å². The quantitative estimate of drug-likeness (QED) is 0.902. The van der Waals surface area contributed by atoms with Crippen LogP contribution < -0.4 is 15.4 Å². The number of urea groups is 1. The highest BCUT2D eigenvalue weighted by molar-refractivity contribution is 5.89. The highest BCUT2D eigenvalue weighted by Crippen LogP contribution is 2.21. The molecule has 1 aromatic carbocycles. The molecule has 0 saturated carbocycles. The van der Waals surface area contributed by atoms with Gasteiger partial charge in [0.2, 0.25) is 0 Å². The Morgan fingerprint density at radius 2 is 2.36 bits per heavy atom.